The van der Waals surface area contributed by atoms with Crippen molar-refractivity contribution in [2.24, 2.45) is 10.2 Å². The zero-order valence-corrected chi connectivity index (χ0v) is 22.0. The van der Waals surface area contributed by atoms with Gasteiger partial charge >= 0.3 is 0 Å². The first kappa shape index (κ1) is 27.9. The van der Waals surface area contributed by atoms with E-state index in [2.05, 4.69) is 43.2 Å². The molecule has 0 amide bonds. The fourth-order valence-corrected chi connectivity index (χ4v) is 3.78. The van der Waals surface area contributed by atoms with Crippen molar-refractivity contribution in [1.82, 2.24) is 9.99 Å². The highest BCUT2D eigenvalue weighted by molar-refractivity contribution is 14.1. The van der Waals surface area contributed by atoms with Crippen LogP contribution in [0.4, 0.5) is 5.82 Å². The normalized spacial score (nSPS) is 13.5. The molecule has 0 spiro atoms. The number of morpholine rings is 1. The van der Waals surface area contributed by atoms with Crippen LogP contribution in [0.15, 0.2) is 46.7 Å². The number of aromatic nitrogens is 1. The second-order valence-electron chi connectivity index (χ2n) is 7.44. The summed E-state index contributed by atoms with van der Waals surface area (Å²) >= 11 is 7.83. The highest BCUT2D eigenvalue weighted by Crippen LogP contribution is 2.36. The molecule has 2 heterocycles. The number of phenols is 6. The Morgan fingerprint density at radius 2 is 1.59 bits per heavy atom. The van der Waals surface area contributed by atoms with Crippen molar-refractivity contribution in [2.45, 2.75) is 0 Å². The fraction of sp³-hybridized carbons (Fsp3) is 0.174. The molecule has 0 saturated carbocycles. The first-order valence-corrected chi connectivity index (χ1v) is 12.1. The number of benzene rings is 2. The lowest BCUT2D eigenvalue weighted by atomic mass is 10.2. The van der Waals surface area contributed by atoms with Crippen molar-refractivity contribution in [3.05, 3.63) is 56.2 Å². The summed E-state index contributed by atoms with van der Waals surface area (Å²) in [5.74, 6) is -1.70. The average Bonchev–Trinajstić information content (AvgIpc) is 2.87. The molecule has 1 aromatic heterocycles. The van der Waals surface area contributed by atoms with E-state index in [0.29, 0.717) is 42.7 Å². The summed E-state index contributed by atoms with van der Waals surface area (Å²) in [6.07, 6.45) is 4.21. The topological polar surface area (TPSA) is 183 Å². The van der Waals surface area contributed by atoms with Gasteiger partial charge in [0.1, 0.15) is 5.75 Å². The van der Waals surface area contributed by atoms with E-state index in [4.69, 9.17) is 21.4 Å². The zero-order valence-electron chi connectivity index (χ0n) is 19.1. The lowest BCUT2D eigenvalue weighted by Gasteiger charge is -2.23. The number of phenolic OH excluding ortho intramolecular Hbond substituents is 6. The van der Waals surface area contributed by atoms with E-state index in [1.54, 1.807) is 6.07 Å². The number of aromatic hydroxyl groups is 6. The molecule has 2 aromatic carbocycles. The van der Waals surface area contributed by atoms with Crippen LogP contribution in [0.1, 0.15) is 11.1 Å². The van der Waals surface area contributed by atoms with Gasteiger partial charge in [0.2, 0.25) is 5.75 Å². The van der Waals surface area contributed by atoms with Gasteiger partial charge in [0.15, 0.2) is 28.8 Å². The van der Waals surface area contributed by atoms with Crippen LogP contribution in [-0.4, -0.2) is 79.4 Å². The molecule has 1 fully saturated rings. The number of ether oxygens (including phenoxy) is 1. The summed E-state index contributed by atoms with van der Waals surface area (Å²) in [5.41, 5.74) is 3.29. The number of nitrogens with zero attached hydrogens (tertiary/aromatic N) is 4. The third-order valence-corrected chi connectivity index (χ3v) is 5.84. The Labute approximate surface area is 229 Å². The predicted molar refractivity (Wildman–Crippen MR) is 146 cm³/mol. The fourth-order valence-electron chi connectivity index (χ4n) is 2.85. The lowest BCUT2D eigenvalue weighted by Crippen LogP contribution is -2.32. The van der Waals surface area contributed by atoms with Crippen LogP contribution in [0.2, 0.25) is 5.02 Å². The maximum atomic E-state index is 9.58. The van der Waals surface area contributed by atoms with E-state index in [-0.39, 0.29) is 28.6 Å². The second-order valence-corrected chi connectivity index (χ2v) is 9.03. The molecule has 3 aromatic rings. The SMILES string of the molecule is Oc1cc(O)c(/C=N/Nc2ncc(Cl)cc2I)cc1O.Oc1ccc(/C=N/N2CCOCC2)c(O)c1O. The maximum Gasteiger partial charge on any atom is 0.200 e. The van der Waals surface area contributed by atoms with Gasteiger partial charge in [0.25, 0.3) is 0 Å². The van der Waals surface area contributed by atoms with Crippen LogP contribution >= 0.6 is 34.2 Å². The van der Waals surface area contributed by atoms with Crippen molar-refractivity contribution in [1.29, 1.82) is 0 Å². The quantitative estimate of drug-likeness (QED) is 0.0715. The third-order valence-electron chi connectivity index (χ3n) is 4.81. The molecule has 1 aliphatic rings. The zero-order chi connectivity index (χ0) is 26.9. The molecule has 14 heteroatoms. The van der Waals surface area contributed by atoms with Crippen molar-refractivity contribution in [3.63, 3.8) is 0 Å². The van der Waals surface area contributed by atoms with E-state index in [9.17, 15) is 25.5 Å². The average molecular weight is 644 g/mol. The molecule has 7 N–H and O–H groups in total. The number of hydrogen-bond acceptors (Lipinski definition) is 12. The van der Waals surface area contributed by atoms with Gasteiger partial charge in [-0.3, -0.25) is 10.4 Å². The number of rotatable bonds is 5. The number of anilines is 1. The van der Waals surface area contributed by atoms with Gasteiger partial charge in [-0.1, -0.05) is 11.6 Å². The molecule has 0 unspecified atom stereocenters. The van der Waals surface area contributed by atoms with Gasteiger partial charge in [-0.2, -0.15) is 10.2 Å². The number of hydrazone groups is 2. The maximum absolute atomic E-state index is 9.58. The summed E-state index contributed by atoms with van der Waals surface area (Å²) in [5, 5.41) is 66.6. The summed E-state index contributed by atoms with van der Waals surface area (Å²) in [7, 11) is 0. The summed E-state index contributed by atoms with van der Waals surface area (Å²) in [4.78, 5) is 4.05. The van der Waals surface area contributed by atoms with Crippen molar-refractivity contribution >= 4 is 52.4 Å². The van der Waals surface area contributed by atoms with Crippen molar-refractivity contribution < 1.29 is 35.4 Å². The largest absolute Gasteiger partial charge is 0.507 e. The predicted octanol–water partition coefficient (Wildman–Crippen LogP) is 3.37. The highest BCUT2D eigenvalue weighted by Gasteiger charge is 2.11. The van der Waals surface area contributed by atoms with Crippen molar-refractivity contribution in [3.8, 4) is 34.5 Å². The van der Waals surface area contributed by atoms with Gasteiger partial charge in [-0.25, -0.2) is 4.98 Å². The van der Waals surface area contributed by atoms with E-state index in [1.807, 2.05) is 5.01 Å². The minimum absolute atomic E-state index is 0.204. The molecular weight excluding hydrogens is 621 g/mol. The van der Waals surface area contributed by atoms with E-state index in [1.165, 1.54) is 36.8 Å². The molecule has 1 aliphatic heterocycles. The van der Waals surface area contributed by atoms with Gasteiger partial charge < -0.3 is 35.4 Å². The van der Waals surface area contributed by atoms with Crippen LogP contribution < -0.4 is 5.43 Å². The van der Waals surface area contributed by atoms with E-state index < -0.39 is 11.5 Å². The molecule has 0 radical (unpaired) electrons. The van der Waals surface area contributed by atoms with Gasteiger partial charge in [0.05, 0.1) is 47.3 Å². The lowest BCUT2D eigenvalue weighted by molar-refractivity contribution is 0.0397. The molecule has 4 rings (SSSR count). The molecule has 0 aliphatic carbocycles. The Kier molecular flexibility index (Phi) is 9.82. The first-order chi connectivity index (χ1) is 17.7. The standard InChI is InChI=1S/C12H9ClIN3O3.C11H14N2O4/c13-7-2-8(14)12(15-5-7)17-16-4-6-1-10(19)11(20)3-9(6)18;14-9-2-1-8(10(15)11(9)16)7-12-13-3-5-17-6-4-13/h1-5,18-20H,(H,15,17);1-2,7,14-16H,3-6H2/b16-4+;12-7+. The van der Waals surface area contributed by atoms with Gasteiger partial charge in [-0.15, -0.1) is 0 Å². The Morgan fingerprint density at radius 1 is 0.892 bits per heavy atom. The van der Waals surface area contributed by atoms with E-state index in [0.717, 1.165) is 9.64 Å². The molecular formula is C23H23ClIN5O7. The molecule has 12 nitrogen and oxygen atoms in total. The number of nitrogens with one attached hydrogen (secondary N) is 1. The smallest absolute Gasteiger partial charge is 0.200 e. The molecule has 0 atom stereocenters. The Morgan fingerprint density at radius 3 is 2.30 bits per heavy atom. The van der Waals surface area contributed by atoms with Crippen LogP contribution in [0.5, 0.6) is 34.5 Å². The first-order valence-electron chi connectivity index (χ1n) is 10.6. The van der Waals surface area contributed by atoms with Crippen LogP contribution in [-0.2, 0) is 4.74 Å². The van der Waals surface area contributed by atoms with Gasteiger partial charge in [-0.05, 0) is 46.9 Å². The van der Waals surface area contributed by atoms with Gasteiger partial charge in [0, 0.05) is 23.4 Å². The molecule has 1 saturated heterocycles. The third kappa shape index (κ3) is 7.90. The van der Waals surface area contributed by atoms with Crippen LogP contribution in [0, 0.1) is 3.57 Å². The molecule has 196 valence electrons. The summed E-state index contributed by atoms with van der Waals surface area (Å²) < 4.78 is 5.95. The molecule has 0 bridgehead atoms. The molecule has 37 heavy (non-hydrogen) atoms. The summed E-state index contributed by atoms with van der Waals surface area (Å²) in [6, 6.07) is 6.72. The van der Waals surface area contributed by atoms with Crippen molar-refractivity contribution in [2.75, 3.05) is 31.7 Å². The summed E-state index contributed by atoms with van der Waals surface area (Å²) in [6.45, 7) is 2.65. The highest BCUT2D eigenvalue weighted by atomic mass is 127. The number of halogens is 2. The number of pyridine rings is 1. The monoisotopic (exact) mass is 643 g/mol. The Balaban J connectivity index is 0.000000208. The number of hydrogen-bond donors (Lipinski definition) is 7. The van der Waals surface area contributed by atoms with Crippen LogP contribution in [0.25, 0.3) is 0 Å². The second kappa shape index (κ2) is 13.0. The minimum atomic E-state index is -0.532. The van der Waals surface area contributed by atoms with Crippen LogP contribution in [0.3, 0.4) is 0 Å². The Hall–Kier alpha value is -3.69. The minimum Gasteiger partial charge on any atom is -0.507 e. The Bertz CT molecular complexity index is 1300. The van der Waals surface area contributed by atoms with E-state index >= 15 is 0 Å².